The second-order valence-electron chi connectivity index (χ2n) is 14.1. The van der Waals surface area contributed by atoms with E-state index in [0.29, 0.717) is 30.8 Å². The quantitative estimate of drug-likeness (QED) is 0.0109. The number of quaternary nitrogens is 1. The fraction of sp³-hybridized carbons (Fsp3) is 0.875. The van der Waals surface area contributed by atoms with E-state index < -0.39 is 5.97 Å². The zero-order valence-electron chi connectivity index (χ0n) is 35.7. The molecule has 0 rings (SSSR count). The van der Waals surface area contributed by atoms with Gasteiger partial charge in [-0.25, -0.2) is 14.6 Å². The number of unbranched alkanes of at least 4 members (excludes halogenated alkanes) is 18. The third-order valence-corrected chi connectivity index (χ3v) is 8.38. The van der Waals surface area contributed by atoms with Gasteiger partial charge in [-0.05, 0) is 22.9 Å². The monoisotopic (exact) mass is 829 g/mol. The molecular formula is C40H78NO16+. The van der Waals surface area contributed by atoms with Crippen LogP contribution in [0.3, 0.4) is 0 Å². The number of carbonyl (C=O) groups excluding carboxylic acids is 1. The van der Waals surface area contributed by atoms with Crippen molar-refractivity contribution in [3.8, 4) is 0 Å². The Hall–Kier alpha value is -2.29. The van der Waals surface area contributed by atoms with Crippen molar-refractivity contribution < 1.29 is 82.4 Å². The molecule has 0 saturated heterocycles. The Balaban J connectivity index is 3.39. The Kier molecular flexibility index (Phi) is 44.5. The molecule has 17 nitrogen and oxygen atoms in total. The molecule has 0 atom stereocenters. The average Bonchev–Trinajstić information content (AvgIpc) is 3.19. The minimum Gasteiger partial charge on any atom is -0.498 e. The number of hydrogen-bond acceptors (Lipinski definition) is 16. The number of carbonyl (C=O) groups is 1. The van der Waals surface area contributed by atoms with Crippen molar-refractivity contribution >= 4 is 5.97 Å². The lowest BCUT2D eigenvalue weighted by Gasteiger charge is -2.28. The van der Waals surface area contributed by atoms with Crippen molar-refractivity contribution in [3.63, 3.8) is 0 Å². The lowest BCUT2D eigenvalue weighted by atomic mass is 10.1. The van der Waals surface area contributed by atoms with E-state index >= 15 is 0 Å². The molecule has 0 bridgehead atoms. The highest BCUT2D eigenvalue weighted by Crippen LogP contribution is 2.12. The molecule has 57 heavy (non-hydrogen) atoms. The maximum absolute atomic E-state index is 12.2. The second kappa shape index (κ2) is 46.4. The number of rotatable bonds is 48. The van der Waals surface area contributed by atoms with Gasteiger partial charge in [-0.15, -0.1) is 0 Å². The lowest BCUT2D eigenvalue weighted by molar-refractivity contribution is -0.883. The fourth-order valence-electron chi connectivity index (χ4n) is 5.14. The number of ether oxygens (including phenoxy) is 6. The predicted molar refractivity (Wildman–Crippen MR) is 209 cm³/mol. The summed E-state index contributed by atoms with van der Waals surface area (Å²) in [7, 11) is 3.75. The lowest BCUT2D eigenvalue weighted by Crippen LogP contribution is -2.46. The number of hydrogen-bond donors (Lipinski definition) is 0. The maximum Gasteiger partial charge on any atom is 0.361 e. The summed E-state index contributed by atoms with van der Waals surface area (Å²) in [6, 6.07) is 0. The molecule has 0 aliphatic heterocycles. The molecule has 0 aromatic carbocycles. The van der Waals surface area contributed by atoms with Crippen molar-refractivity contribution in [2.45, 2.75) is 142 Å². The first-order valence-electron chi connectivity index (χ1n) is 21.2. The summed E-state index contributed by atoms with van der Waals surface area (Å²) < 4.78 is 32.0. The molecule has 0 amide bonds. The zero-order valence-corrected chi connectivity index (χ0v) is 35.7. The SMILES string of the molecule is CCCCCCCCCCCCOC=COOOOCCOCOCOCC[N+](C)(C)CC(=O)OCCOOOOOC=COCCCCCCCCCCCC. The van der Waals surface area contributed by atoms with Gasteiger partial charge in [0.15, 0.2) is 19.1 Å². The molecule has 0 aliphatic rings. The second-order valence-corrected chi connectivity index (χ2v) is 14.1. The van der Waals surface area contributed by atoms with Crippen molar-refractivity contribution in [2.75, 3.05) is 87.0 Å². The van der Waals surface area contributed by atoms with Gasteiger partial charge in [0.1, 0.15) is 52.5 Å². The van der Waals surface area contributed by atoms with Gasteiger partial charge in [-0.3, -0.25) is 0 Å². The summed E-state index contributed by atoms with van der Waals surface area (Å²) in [4.78, 5) is 30.8. The highest BCUT2D eigenvalue weighted by molar-refractivity contribution is 5.70. The summed E-state index contributed by atoms with van der Waals surface area (Å²) in [6.45, 7) is 6.86. The van der Waals surface area contributed by atoms with E-state index in [-0.39, 0.29) is 46.6 Å². The Bertz CT molecular complexity index is 867. The third-order valence-electron chi connectivity index (χ3n) is 8.38. The van der Waals surface area contributed by atoms with Crippen molar-refractivity contribution in [1.82, 2.24) is 0 Å². The summed E-state index contributed by atoms with van der Waals surface area (Å²) in [5, 5.41) is 21.6. The molecule has 0 saturated carbocycles. The molecule has 0 aromatic rings. The van der Waals surface area contributed by atoms with Gasteiger partial charge in [0.25, 0.3) is 0 Å². The van der Waals surface area contributed by atoms with Crippen LogP contribution in [0.5, 0.6) is 0 Å². The van der Waals surface area contributed by atoms with Crippen LogP contribution in [-0.4, -0.2) is 97.5 Å². The van der Waals surface area contributed by atoms with Gasteiger partial charge in [0.05, 0.1) is 40.5 Å². The van der Waals surface area contributed by atoms with E-state index in [1.54, 1.807) is 0 Å². The van der Waals surface area contributed by atoms with Gasteiger partial charge < -0.3 is 42.7 Å². The van der Waals surface area contributed by atoms with E-state index in [4.69, 9.17) is 33.3 Å². The molecule has 0 aromatic heterocycles. The number of likely N-dealkylation sites (N-methyl/N-ethyl adjacent to an activating group) is 1. The van der Waals surface area contributed by atoms with Crippen LogP contribution in [0.25, 0.3) is 0 Å². The van der Waals surface area contributed by atoms with E-state index in [1.807, 2.05) is 14.1 Å². The van der Waals surface area contributed by atoms with E-state index in [2.05, 4.69) is 53.7 Å². The average molecular weight is 829 g/mol. The van der Waals surface area contributed by atoms with E-state index in [9.17, 15) is 4.79 Å². The Labute approximate surface area is 342 Å². The molecular weight excluding hydrogens is 750 g/mol. The highest BCUT2D eigenvalue weighted by atomic mass is 17.8. The number of esters is 1. The molecule has 0 heterocycles. The van der Waals surface area contributed by atoms with Crippen molar-refractivity contribution in [2.24, 2.45) is 0 Å². The summed E-state index contributed by atoms with van der Waals surface area (Å²) in [6.07, 6.45) is 30.5. The van der Waals surface area contributed by atoms with Crippen molar-refractivity contribution in [1.29, 1.82) is 0 Å². The molecule has 0 aliphatic carbocycles. The summed E-state index contributed by atoms with van der Waals surface area (Å²) in [5.74, 6) is -0.417. The van der Waals surface area contributed by atoms with Crippen LogP contribution in [0.15, 0.2) is 25.0 Å². The third kappa shape index (κ3) is 48.0. The molecule has 0 N–H and O–H groups in total. The molecule has 0 unspecified atom stereocenters. The zero-order chi connectivity index (χ0) is 41.4. The molecule has 17 heteroatoms. The van der Waals surface area contributed by atoms with Gasteiger partial charge in [-0.2, -0.15) is 0 Å². The van der Waals surface area contributed by atoms with Crippen LogP contribution in [0, 0.1) is 0 Å². The minimum atomic E-state index is -0.417. The summed E-state index contributed by atoms with van der Waals surface area (Å²) >= 11 is 0. The number of nitrogens with zero attached hydrogens (tertiary/aromatic N) is 1. The topological polar surface area (TPSA) is 156 Å². The van der Waals surface area contributed by atoms with Crippen LogP contribution in [-0.2, 0) is 78.0 Å². The maximum atomic E-state index is 12.2. The van der Waals surface area contributed by atoms with Gasteiger partial charge in [0, 0.05) is 15.1 Å². The van der Waals surface area contributed by atoms with Gasteiger partial charge in [-0.1, -0.05) is 129 Å². The molecule has 0 spiro atoms. The Morgan fingerprint density at radius 2 is 0.877 bits per heavy atom. The van der Waals surface area contributed by atoms with Crippen LogP contribution < -0.4 is 0 Å². The molecule has 338 valence electrons. The minimum absolute atomic E-state index is 0.00803. The first kappa shape index (κ1) is 54.7. The first-order chi connectivity index (χ1) is 28.0. The van der Waals surface area contributed by atoms with Crippen LogP contribution in [0.2, 0.25) is 0 Å². The summed E-state index contributed by atoms with van der Waals surface area (Å²) in [5.41, 5.74) is 0. The standard InChI is InChI=1S/C40H78NO16/c1-5-7-9-11-13-15-17-19-21-23-26-43-29-33-49-53-54-50-35-31-46-39-47-38-45-28-25-41(3,4)37-40(42)48-32-36-52-56-57-55-51-34-30-44-27-24-22-20-18-16-14-12-10-8-6-2/h29-30,33-34H,5-28,31-32,35-39H2,1-4H3/q+1. The smallest absolute Gasteiger partial charge is 0.361 e. The highest BCUT2D eigenvalue weighted by Gasteiger charge is 2.21. The first-order valence-corrected chi connectivity index (χ1v) is 21.2. The predicted octanol–water partition coefficient (Wildman–Crippen LogP) is 8.94. The van der Waals surface area contributed by atoms with Gasteiger partial charge in [0.2, 0.25) is 0 Å². The van der Waals surface area contributed by atoms with E-state index in [0.717, 1.165) is 31.9 Å². The van der Waals surface area contributed by atoms with Crippen LogP contribution in [0.1, 0.15) is 142 Å². The van der Waals surface area contributed by atoms with Crippen molar-refractivity contribution in [3.05, 3.63) is 25.0 Å². The molecule has 0 radical (unpaired) electrons. The van der Waals surface area contributed by atoms with E-state index in [1.165, 1.54) is 122 Å². The molecule has 0 fully saturated rings. The Morgan fingerprint density at radius 1 is 0.439 bits per heavy atom. The normalized spacial score (nSPS) is 11.9. The van der Waals surface area contributed by atoms with Gasteiger partial charge >= 0.3 is 5.97 Å². The Morgan fingerprint density at radius 3 is 1.40 bits per heavy atom. The van der Waals surface area contributed by atoms with Crippen LogP contribution >= 0.6 is 0 Å². The van der Waals surface area contributed by atoms with Crippen LogP contribution in [0.4, 0.5) is 0 Å². The largest absolute Gasteiger partial charge is 0.498 e. The fourth-order valence-corrected chi connectivity index (χ4v) is 5.14.